The second-order valence-electron chi connectivity index (χ2n) is 4.45. The van der Waals surface area contributed by atoms with E-state index < -0.39 is 26.9 Å². The first-order valence-electron chi connectivity index (χ1n) is 5.47. The lowest BCUT2D eigenvalue weighted by atomic mass is 9.64. The van der Waals surface area contributed by atoms with Crippen LogP contribution in [0.25, 0.3) is 0 Å². The lowest BCUT2D eigenvalue weighted by molar-refractivity contribution is -0.151. The summed E-state index contributed by atoms with van der Waals surface area (Å²) in [4.78, 5) is 11.8. The highest BCUT2D eigenvalue weighted by Crippen LogP contribution is 2.48. The van der Waals surface area contributed by atoms with Crippen molar-refractivity contribution < 1.29 is 21.8 Å². The van der Waals surface area contributed by atoms with Crippen LogP contribution in [0.5, 0.6) is 0 Å². The first kappa shape index (κ1) is 13.0. The van der Waals surface area contributed by atoms with E-state index >= 15 is 0 Å². The molecule has 4 nitrogen and oxygen atoms in total. The quantitative estimate of drug-likeness (QED) is 0.619. The number of carbonyl (C=O) groups is 1. The molecule has 0 heterocycles. The maximum absolute atomic E-state index is 12.9. The third-order valence-electron chi connectivity index (χ3n) is 3.45. The van der Waals surface area contributed by atoms with Gasteiger partial charge in [-0.2, -0.15) is 8.42 Å². The SMILES string of the molecule is COC(=O)C1(c2ccccc2)CC(S(=O)(=O)F)C1. The van der Waals surface area contributed by atoms with Gasteiger partial charge >= 0.3 is 16.2 Å². The first-order valence-corrected chi connectivity index (χ1v) is 6.92. The van der Waals surface area contributed by atoms with Crippen LogP contribution in [0.15, 0.2) is 30.3 Å². The topological polar surface area (TPSA) is 60.4 Å². The van der Waals surface area contributed by atoms with Gasteiger partial charge < -0.3 is 4.74 Å². The predicted molar refractivity (Wildman–Crippen MR) is 63.2 cm³/mol. The molecule has 0 spiro atoms. The van der Waals surface area contributed by atoms with E-state index in [9.17, 15) is 17.1 Å². The number of hydrogen-bond acceptors (Lipinski definition) is 4. The summed E-state index contributed by atoms with van der Waals surface area (Å²) in [6.07, 6.45) is -0.134. The summed E-state index contributed by atoms with van der Waals surface area (Å²) < 4.78 is 39.2. The Morgan fingerprint density at radius 1 is 1.33 bits per heavy atom. The van der Waals surface area contributed by atoms with Gasteiger partial charge in [-0.3, -0.25) is 4.79 Å². The first-order chi connectivity index (χ1) is 8.40. The molecule has 0 aliphatic heterocycles. The summed E-state index contributed by atoms with van der Waals surface area (Å²) in [5.41, 5.74) is -0.364. The third kappa shape index (κ3) is 2.01. The van der Waals surface area contributed by atoms with Crippen molar-refractivity contribution in [2.75, 3.05) is 7.11 Å². The molecule has 1 aliphatic carbocycles. The van der Waals surface area contributed by atoms with Gasteiger partial charge in [-0.05, 0) is 18.4 Å². The van der Waals surface area contributed by atoms with Crippen molar-refractivity contribution in [3.05, 3.63) is 35.9 Å². The molecule has 0 radical (unpaired) electrons. The third-order valence-corrected chi connectivity index (χ3v) is 4.58. The average molecular weight is 272 g/mol. The van der Waals surface area contributed by atoms with Gasteiger partial charge in [-0.1, -0.05) is 30.3 Å². The zero-order valence-electron chi connectivity index (χ0n) is 9.80. The summed E-state index contributed by atoms with van der Waals surface area (Å²) >= 11 is 0. The summed E-state index contributed by atoms with van der Waals surface area (Å²) in [5, 5.41) is -1.11. The maximum atomic E-state index is 12.9. The molecule has 18 heavy (non-hydrogen) atoms. The predicted octanol–water partition coefficient (Wildman–Crippen LogP) is 1.56. The van der Waals surface area contributed by atoms with Gasteiger partial charge in [0.1, 0.15) is 0 Å². The largest absolute Gasteiger partial charge is 0.468 e. The van der Waals surface area contributed by atoms with E-state index in [1.54, 1.807) is 30.3 Å². The standard InChI is InChI=1S/C12H13FO4S/c1-17-11(14)12(9-5-3-2-4-6-9)7-10(8-12)18(13,15)16/h2-6,10H,7-8H2,1H3. The number of esters is 1. The smallest absolute Gasteiger partial charge is 0.316 e. The molecule has 0 aromatic heterocycles. The van der Waals surface area contributed by atoms with Gasteiger partial charge in [-0.15, -0.1) is 3.89 Å². The number of rotatable bonds is 3. The van der Waals surface area contributed by atoms with Crippen molar-refractivity contribution in [1.29, 1.82) is 0 Å². The second-order valence-corrected chi connectivity index (χ2v) is 6.06. The molecule has 0 saturated heterocycles. The molecule has 1 aromatic carbocycles. The van der Waals surface area contributed by atoms with E-state index in [1.807, 2.05) is 0 Å². The Morgan fingerprint density at radius 2 is 1.89 bits per heavy atom. The van der Waals surface area contributed by atoms with Crippen molar-refractivity contribution in [2.45, 2.75) is 23.5 Å². The van der Waals surface area contributed by atoms with E-state index in [1.165, 1.54) is 7.11 Å². The number of carbonyl (C=O) groups excluding carboxylic acids is 1. The molecule has 1 fully saturated rings. The van der Waals surface area contributed by atoms with Crippen LogP contribution in [0.3, 0.4) is 0 Å². The summed E-state index contributed by atoms with van der Waals surface area (Å²) in [5.74, 6) is -0.520. The van der Waals surface area contributed by atoms with Crippen LogP contribution in [0.2, 0.25) is 0 Å². The van der Waals surface area contributed by atoms with E-state index in [2.05, 4.69) is 0 Å². The molecule has 6 heteroatoms. The molecule has 1 aliphatic rings. The molecule has 0 amide bonds. The van der Waals surface area contributed by atoms with Crippen molar-refractivity contribution in [1.82, 2.24) is 0 Å². The van der Waals surface area contributed by atoms with Crippen molar-refractivity contribution >= 4 is 16.2 Å². The second kappa shape index (κ2) is 4.35. The van der Waals surface area contributed by atoms with Crippen LogP contribution in [0, 0.1) is 0 Å². The Hall–Kier alpha value is -1.43. The van der Waals surface area contributed by atoms with Crippen LogP contribution < -0.4 is 0 Å². The highest BCUT2D eigenvalue weighted by atomic mass is 32.3. The minimum absolute atomic E-state index is 0.0669. The fourth-order valence-corrected chi connectivity index (χ4v) is 3.36. The number of halogens is 1. The van der Waals surface area contributed by atoms with Gasteiger partial charge in [0, 0.05) is 0 Å². The molecular weight excluding hydrogens is 259 g/mol. The van der Waals surface area contributed by atoms with Crippen molar-refractivity contribution in [3.63, 3.8) is 0 Å². The Balaban J connectivity index is 2.33. The minimum Gasteiger partial charge on any atom is -0.468 e. The minimum atomic E-state index is -4.59. The highest BCUT2D eigenvalue weighted by Gasteiger charge is 2.56. The van der Waals surface area contributed by atoms with Crippen LogP contribution in [0.4, 0.5) is 3.89 Å². The Bertz CT molecular complexity index is 547. The lowest BCUT2D eigenvalue weighted by Crippen LogP contribution is -2.53. The molecule has 0 N–H and O–H groups in total. The highest BCUT2D eigenvalue weighted by molar-refractivity contribution is 7.87. The van der Waals surface area contributed by atoms with Crippen molar-refractivity contribution in [2.24, 2.45) is 0 Å². The van der Waals surface area contributed by atoms with Gasteiger partial charge in [-0.25, -0.2) is 0 Å². The Labute approximate surface area is 105 Å². The number of hydrogen-bond donors (Lipinski definition) is 0. The lowest BCUT2D eigenvalue weighted by Gasteiger charge is -2.43. The average Bonchev–Trinajstić information content (AvgIpc) is 2.27. The van der Waals surface area contributed by atoms with Crippen LogP contribution in [-0.2, 0) is 25.2 Å². The van der Waals surface area contributed by atoms with Gasteiger partial charge in [0.15, 0.2) is 0 Å². The monoisotopic (exact) mass is 272 g/mol. The summed E-state index contributed by atoms with van der Waals surface area (Å²) in [7, 11) is -3.35. The van der Waals surface area contributed by atoms with E-state index in [0.29, 0.717) is 5.56 Å². The Kier molecular flexibility index (Phi) is 3.14. The molecule has 2 rings (SSSR count). The normalized spacial score (nSPS) is 27.3. The van der Waals surface area contributed by atoms with E-state index in [0.717, 1.165) is 0 Å². The maximum Gasteiger partial charge on any atom is 0.316 e. The molecule has 98 valence electrons. The molecule has 1 saturated carbocycles. The van der Waals surface area contributed by atoms with Crippen LogP contribution in [-0.4, -0.2) is 26.7 Å². The van der Waals surface area contributed by atoms with Gasteiger partial charge in [0.25, 0.3) is 0 Å². The van der Waals surface area contributed by atoms with E-state index in [4.69, 9.17) is 4.74 Å². The van der Waals surface area contributed by atoms with Gasteiger partial charge in [0.05, 0.1) is 17.8 Å². The van der Waals surface area contributed by atoms with Gasteiger partial charge in [0.2, 0.25) is 0 Å². The molecule has 0 bridgehead atoms. The zero-order chi connectivity index (χ0) is 13.4. The Morgan fingerprint density at radius 3 is 2.33 bits per heavy atom. The van der Waals surface area contributed by atoms with E-state index in [-0.39, 0.29) is 12.8 Å². The summed E-state index contributed by atoms with van der Waals surface area (Å²) in [6, 6.07) is 8.72. The molecular formula is C12H13FO4S. The number of methoxy groups -OCH3 is 1. The number of benzene rings is 1. The van der Waals surface area contributed by atoms with Crippen molar-refractivity contribution in [3.8, 4) is 0 Å². The zero-order valence-corrected chi connectivity index (χ0v) is 10.6. The van der Waals surface area contributed by atoms with Crippen LogP contribution >= 0.6 is 0 Å². The number of ether oxygens (including phenoxy) is 1. The summed E-state index contributed by atoms with van der Waals surface area (Å²) in [6.45, 7) is 0. The molecule has 0 unspecified atom stereocenters. The van der Waals surface area contributed by atoms with Crippen LogP contribution in [0.1, 0.15) is 18.4 Å². The molecule has 1 aromatic rings. The molecule has 0 atom stereocenters. The fraction of sp³-hybridized carbons (Fsp3) is 0.417. The fourth-order valence-electron chi connectivity index (χ4n) is 2.39.